The van der Waals surface area contributed by atoms with Gasteiger partial charge in [0.05, 0.1) is 6.04 Å². The standard InChI is InChI=1S/C16H29N3O4/c1-16(2,3)13(15(23)19(5)10-12(20)21)17-14(22)11-8-6-7-9-18(11)4/h11,13H,6-10H2,1-5H3,(H,17,22)(H,20,21). The van der Waals surface area contributed by atoms with Gasteiger partial charge in [0.1, 0.15) is 12.6 Å². The summed E-state index contributed by atoms with van der Waals surface area (Å²) < 4.78 is 0. The van der Waals surface area contributed by atoms with Crippen molar-refractivity contribution in [2.75, 3.05) is 27.2 Å². The Hall–Kier alpha value is -1.63. The van der Waals surface area contributed by atoms with Crippen molar-refractivity contribution in [3.8, 4) is 0 Å². The molecule has 0 aromatic rings. The molecule has 132 valence electrons. The number of carboxylic acids is 1. The number of aliphatic carboxylic acids is 1. The fourth-order valence-electron chi connectivity index (χ4n) is 2.79. The Morgan fingerprint density at radius 3 is 2.39 bits per heavy atom. The molecule has 23 heavy (non-hydrogen) atoms. The van der Waals surface area contributed by atoms with E-state index in [4.69, 9.17) is 5.11 Å². The van der Waals surface area contributed by atoms with Crippen molar-refractivity contribution in [2.45, 2.75) is 52.1 Å². The fourth-order valence-corrected chi connectivity index (χ4v) is 2.79. The number of likely N-dealkylation sites (N-methyl/N-ethyl adjacent to an activating group) is 2. The highest BCUT2D eigenvalue weighted by Gasteiger charge is 2.37. The Balaban J connectivity index is 2.84. The lowest BCUT2D eigenvalue weighted by Gasteiger charge is -2.36. The summed E-state index contributed by atoms with van der Waals surface area (Å²) in [5, 5.41) is 11.7. The van der Waals surface area contributed by atoms with E-state index in [-0.39, 0.29) is 24.4 Å². The molecule has 0 radical (unpaired) electrons. The smallest absolute Gasteiger partial charge is 0.323 e. The summed E-state index contributed by atoms with van der Waals surface area (Å²) >= 11 is 0. The van der Waals surface area contributed by atoms with E-state index >= 15 is 0 Å². The van der Waals surface area contributed by atoms with Gasteiger partial charge in [-0.25, -0.2) is 0 Å². The molecule has 1 aliphatic heterocycles. The Morgan fingerprint density at radius 1 is 1.30 bits per heavy atom. The van der Waals surface area contributed by atoms with Crippen molar-refractivity contribution < 1.29 is 19.5 Å². The fraction of sp³-hybridized carbons (Fsp3) is 0.812. The third kappa shape index (κ3) is 5.49. The highest BCUT2D eigenvalue weighted by Crippen LogP contribution is 2.22. The first-order valence-electron chi connectivity index (χ1n) is 8.01. The molecule has 1 fully saturated rings. The summed E-state index contributed by atoms with van der Waals surface area (Å²) in [4.78, 5) is 39.1. The van der Waals surface area contributed by atoms with Crippen LogP contribution in [-0.2, 0) is 14.4 Å². The molecule has 1 saturated heterocycles. The molecule has 2 N–H and O–H groups in total. The molecule has 2 atom stereocenters. The van der Waals surface area contributed by atoms with E-state index in [0.717, 1.165) is 30.7 Å². The molecule has 1 heterocycles. The van der Waals surface area contributed by atoms with Gasteiger partial charge in [0, 0.05) is 7.05 Å². The Bertz CT molecular complexity index is 459. The Kier molecular flexibility index (Phi) is 6.56. The van der Waals surface area contributed by atoms with E-state index < -0.39 is 17.4 Å². The minimum Gasteiger partial charge on any atom is -0.480 e. The van der Waals surface area contributed by atoms with Crippen molar-refractivity contribution >= 4 is 17.8 Å². The zero-order valence-electron chi connectivity index (χ0n) is 14.8. The van der Waals surface area contributed by atoms with Gasteiger partial charge in [-0.3, -0.25) is 19.3 Å². The summed E-state index contributed by atoms with van der Waals surface area (Å²) in [6.45, 7) is 6.05. The molecule has 7 nitrogen and oxygen atoms in total. The average Bonchev–Trinajstić information content (AvgIpc) is 2.42. The number of carbonyl (C=O) groups is 3. The molecule has 1 aliphatic rings. The normalized spacial score (nSPS) is 20.7. The number of hydrogen-bond acceptors (Lipinski definition) is 4. The molecular weight excluding hydrogens is 298 g/mol. The van der Waals surface area contributed by atoms with Crippen LogP contribution in [-0.4, -0.2) is 72.0 Å². The van der Waals surface area contributed by atoms with E-state index in [1.54, 1.807) is 0 Å². The lowest BCUT2D eigenvalue weighted by Crippen LogP contribution is -2.58. The Morgan fingerprint density at radius 2 is 1.91 bits per heavy atom. The van der Waals surface area contributed by atoms with Gasteiger partial charge in [0.25, 0.3) is 0 Å². The maximum absolute atomic E-state index is 12.6. The molecule has 0 bridgehead atoms. The minimum absolute atomic E-state index is 0.163. The number of rotatable bonds is 5. The van der Waals surface area contributed by atoms with Crippen LogP contribution in [0.25, 0.3) is 0 Å². The first-order valence-corrected chi connectivity index (χ1v) is 8.01. The van der Waals surface area contributed by atoms with Crippen molar-refractivity contribution in [3.63, 3.8) is 0 Å². The van der Waals surface area contributed by atoms with Crippen LogP contribution in [0, 0.1) is 5.41 Å². The first kappa shape index (κ1) is 19.4. The largest absolute Gasteiger partial charge is 0.480 e. The molecule has 0 aliphatic carbocycles. The molecule has 0 aromatic carbocycles. The maximum atomic E-state index is 12.6. The summed E-state index contributed by atoms with van der Waals surface area (Å²) in [5.41, 5.74) is -0.507. The number of piperidine rings is 1. The molecule has 2 unspecified atom stereocenters. The number of carboxylic acid groups (broad SMARTS) is 1. The van der Waals surface area contributed by atoms with E-state index in [2.05, 4.69) is 5.32 Å². The number of hydrogen-bond donors (Lipinski definition) is 2. The third-order valence-corrected chi connectivity index (χ3v) is 4.22. The van der Waals surface area contributed by atoms with Crippen molar-refractivity contribution in [1.82, 2.24) is 15.1 Å². The van der Waals surface area contributed by atoms with Crippen LogP contribution in [0.2, 0.25) is 0 Å². The third-order valence-electron chi connectivity index (χ3n) is 4.22. The van der Waals surface area contributed by atoms with Gasteiger partial charge in [-0.05, 0) is 31.8 Å². The van der Waals surface area contributed by atoms with Crippen LogP contribution < -0.4 is 5.32 Å². The van der Waals surface area contributed by atoms with Crippen LogP contribution in [0.15, 0.2) is 0 Å². The predicted molar refractivity (Wildman–Crippen MR) is 86.9 cm³/mol. The lowest BCUT2D eigenvalue weighted by molar-refractivity contribution is -0.146. The van der Waals surface area contributed by atoms with Crippen molar-refractivity contribution in [3.05, 3.63) is 0 Å². The van der Waals surface area contributed by atoms with Gasteiger partial charge >= 0.3 is 5.97 Å². The molecule has 7 heteroatoms. The second-order valence-corrected chi connectivity index (χ2v) is 7.39. The summed E-state index contributed by atoms with van der Waals surface area (Å²) in [5.74, 6) is -1.62. The van der Waals surface area contributed by atoms with E-state index in [9.17, 15) is 14.4 Å². The molecular formula is C16H29N3O4. The molecule has 0 saturated carbocycles. The highest BCUT2D eigenvalue weighted by molar-refractivity contribution is 5.91. The van der Waals surface area contributed by atoms with Gasteiger partial charge in [-0.2, -0.15) is 0 Å². The van der Waals surface area contributed by atoms with E-state index in [0.29, 0.717) is 0 Å². The lowest BCUT2D eigenvalue weighted by atomic mass is 9.85. The number of amides is 2. The zero-order chi connectivity index (χ0) is 17.8. The second-order valence-electron chi connectivity index (χ2n) is 7.39. The van der Waals surface area contributed by atoms with Crippen LogP contribution >= 0.6 is 0 Å². The van der Waals surface area contributed by atoms with Gasteiger partial charge < -0.3 is 15.3 Å². The second kappa shape index (κ2) is 7.77. The van der Waals surface area contributed by atoms with Crippen LogP contribution in [0.1, 0.15) is 40.0 Å². The number of carbonyl (C=O) groups excluding carboxylic acids is 2. The average molecular weight is 327 g/mol. The Labute approximate surface area is 138 Å². The molecule has 0 aromatic heterocycles. The maximum Gasteiger partial charge on any atom is 0.323 e. The molecule has 0 spiro atoms. The van der Waals surface area contributed by atoms with Crippen LogP contribution in [0.3, 0.4) is 0 Å². The van der Waals surface area contributed by atoms with Gasteiger partial charge in [0.15, 0.2) is 0 Å². The minimum atomic E-state index is -1.08. The topological polar surface area (TPSA) is 90.0 Å². The monoisotopic (exact) mass is 327 g/mol. The number of nitrogens with zero attached hydrogens (tertiary/aromatic N) is 2. The highest BCUT2D eigenvalue weighted by atomic mass is 16.4. The van der Waals surface area contributed by atoms with Crippen molar-refractivity contribution in [2.24, 2.45) is 5.41 Å². The van der Waals surface area contributed by atoms with Crippen LogP contribution in [0.4, 0.5) is 0 Å². The summed E-state index contributed by atoms with van der Waals surface area (Å²) in [6, 6.07) is -0.985. The van der Waals surface area contributed by atoms with Crippen molar-refractivity contribution in [1.29, 1.82) is 0 Å². The molecule has 2 amide bonds. The quantitative estimate of drug-likeness (QED) is 0.769. The number of likely N-dealkylation sites (tertiary alicyclic amines) is 1. The first-order chi connectivity index (χ1) is 10.5. The van der Waals surface area contributed by atoms with Gasteiger partial charge in [0.2, 0.25) is 11.8 Å². The zero-order valence-corrected chi connectivity index (χ0v) is 14.8. The predicted octanol–water partition coefficient (Wildman–Crippen LogP) is 0.545. The molecule has 1 rings (SSSR count). The van der Waals surface area contributed by atoms with Gasteiger partial charge in [-0.1, -0.05) is 27.2 Å². The van der Waals surface area contributed by atoms with E-state index in [1.807, 2.05) is 32.7 Å². The SMILES string of the molecule is CN(CC(=O)O)C(=O)C(NC(=O)C1CCCCN1C)C(C)(C)C. The van der Waals surface area contributed by atoms with Crippen LogP contribution in [0.5, 0.6) is 0 Å². The number of nitrogens with one attached hydrogen (secondary N) is 1. The summed E-state index contributed by atoms with van der Waals surface area (Å²) in [6.07, 6.45) is 2.84. The van der Waals surface area contributed by atoms with Gasteiger partial charge in [-0.15, -0.1) is 0 Å². The summed E-state index contributed by atoms with van der Waals surface area (Å²) in [7, 11) is 3.35. The van der Waals surface area contributed by atoms with E-state index in [1.165, 1.54) is 7.05 Å².